The molecular formula is C41H50FN9O5. The fourth-order valence-electron chi connectivity index (χ4n) is 9.32. The van der Waals surface area contributed by atoms with Crippen LogP contribution in [0.25, 0.3) is 11.3 Å². The first kappa shape index (κ1) is 37.8. The van der Waals surface area contributed by atoms with Gasteiger partial charge in [-0.2, -0.15) is 0 Å². The Kier molecular flexibility index (Phi) is 10.4. The second-order valence-corrected chi connectivity index (χ2v) is 16.4. The summed E-state index contributed by atoms with van der Waals surface area (Å²) >= 11 is 0. The van der Waals surface area contributed by atoms with Crippen LogP contribution in [0.15, 0.2) is 42.5 Å². The van der Waals surface area contributed by atoms with E-state index in [0.717, 1.165) is 87.0 Å². The average molecular weight is 768 g/mol. The lowest BCUT2D eigenvalue weighted by molar-refractivity contribution is -0.136. The van der Waals surface area contributed by atoms with E-state index >= 15 is 4.39 Å². The Morgan fingerprint density at radius 2 is 1.64 bits per heavy atom. The largest absolute Gasteiger partial charge is 0.507 e. The van der Waals surface area contributed by atoms with Crippen LogP contribution >= 0.6 is 0 Å². The number of nitrogens with one attached hydrogen (secondary N) is 2. The SMILES string of the molecule is CC1CCN(CC2CCN(c3cc4c(cc3F)C(=O)N(C3CCC(=O)NC3=O)C4=O)C(C)C2)C1.CN1CCN2c3cc(-c4ccccc4O)nnc3NCC2C1. The van der Waals surface area contributed by atoms with E-state index in [0.29, 0.717) is 35.4 Å². The molecule has 15 heteroatoms. The lowest BCUT2D eigenvalue weighted by Crippen LogP contribution is -2.56. The third-order valence-corrected chi connectivity index (χ3v) is 12.3. The zero-order chi connectivity index (χ0) is 39.2. The summed E-state index contributed by atoms with van der Waals surface area (Å²) in [6, 6.07) is 11.4. The highest BCUT2D eigenvalue weighted by atomic mass is 19.1. The molecule has 3 N–H and O–H groups in total. The average Bonchev–Trinajstić information content (AvgIpc) is 3.69. The first-order chi connectivity index (χ1) is 26.9. The number of piperidine rings is 2. The summed E-state index contributed by atoms with van der Waals surface area (Å²) in [7, 11) is 2.16. The van der Waals surface area contributed by atoms with Crippen molar-refractivity contribution >= 4 is 40.8 Å². The van der Waals surface area contributed by atoms with Crippen molar-refractivity contribution in [3.63, 3.8) is 0 Å². The number of rotatable bonds is 5. The number of hydrogen-bond donors (Lipinski definition) is 3. The van der Waals surface area contributed by atoms with Crippen molar-refractivity contribution in [2.24, 2.45) is 11.8 Å². The minimum atomic E-state index is -1.06. The number of nitrogens with zero attached hydrogens (tertiary/aromatic N) is 7. The van der Waals surface area contributed by atoms with E-state index in [9.17, 15) is 24.3 Å². The Morgan fingerprint density at radius 3 is 2.38 bits per heavy atom. The van der Waals surface area contributed by atoms with Crippen LogP contribution in [-0.2, 0) is 9.59 Å². The smallest absolute Gasteiger partial charge is 0.262 e. The van der Waals surface area contributed by atoms with E-state index < -0.39 is 35.5 Å². The van der Waals surface area contributed by atoms with E-state index in [-0.39, 0.29) is 35.8 Å². The monoisotopic (exact) mass is 767 g/mol. The zero-order valence-electron chi connectivity index (χ0n) is 32.2. The Balaban J connectivity index is 0.000000172. The number of anilines is 3. The van der Waals surface area contributed by atoms with Crippen LogP contribution < -0.4 is 20.4 Å². The number of carbonyl (C=O) groups excluding carboxylic acids is 4. The molecule has 4 saturated heterocycles. The van der Waals surface area contributed by atoms with Crippen LogP contribution in [-0.4, -0.2) is 131 Å². The van der Waals surface area contributed by atoms with Crippen LogP contribution in [0.5, 0.6) is 5.75 Å². The molecule has 5 unspecified atom stereocenters. The lowest BCUT2D eigenvalue weighted by Gasteiger charge is -2.44. The fraction of sp³-hybridized carbons (Fsp3) is 0.512. The zero-order valence-corrected chi connectivity index (χ0v) is 32.2. The molecule has 4 amide bonds. The number of piperazine rings is 1. The molecule has 5 atom stereocenters. The van der Waals surface area contributed by atoms with Crippen molar-refractivity contribution in [2.75, 3.05) is 74.5 Å². The predicted octanol–water partition coefficient (Wildman–Crippen LogP) is 3.57. The molecule has 4 fully saturated rings. The standard InChI is InChI=1S/C25H31FN4O4.C16H19N5O/c1-14-5-7-28(12-14)13-16-6-8-29(15(2)9-16)21-11-18-17(10-19(21)26)24(33)30(25(18)34)20-3-4-22(31)27-23(20)32;1-20-6-7-21-11(10-20)9-17-16-14(21)8-13(18-19-16)12-4-2-3-5-15(12)22/h10-11,14-16,20H,3-9,12-13H2,1-2H3,(H,27,31,32);2-5,8,11,22H,6-7,9-10H2,1H3,(H,17,19). The number of likely N-dealkylation sites (tertiary alicyclic amines) is 1. The number of fused-ring (bicyclic) bond motifs is 4. The van der Waals surface area contributed by atoms with Crippen LogP contribution in [0.3, 0.4) is 0 Å². The van der Waals surface area contributed by atoms with Gasteiger partial charge in [0.15, 0.2) is 5.82 Å². The van der Waals surface area contributed by atoms with E-state index in [4.69, 9.17) is 0 Å². The summed E-state index contributed by atoms with van der Waals surface area (Å²) in [5, 5.41) is 24.2. The third kappa shape index (κ3) is 7.29. The Hall–Kier alpha value is -5.15. The van der Waals surface area contributed by atoms with Gasteiger partial charge >= 0.3 is 0 Å². The second kappa shape index (κ2) is 15.4. The molecule has 14 nitrogen and oxygen atoms in total. The first-order valence-electron chi connectivity index (χ1n) is 19.8. The van der Waals surface area contributed by atoms with E-state index in [1.165, 1.54) is 12.5 Å². The van der Waals surface area contributed by atoms with Gasteiger partial charge in [0.2, 0.25) is 11.8 Å². The van der Waals surface area contributed by atoms with Crippen molar-refractivity contribution in [2.45, 2.75) is 64.1 Å². The second-order valence-electron chi connectivity index (χ2n) is 16.4. The Labute approximate surface area is 326 Å². The molecule has 296 valence electrons. The molecular weight excluding hydrogens is 718 g/mol. The van der Waals surface area contributed by atoms with Gasteiger partial charge in [-0.05, 0) is 88.4 Å². The molecule has 0 spiro atoms. The van der Waals surface area contributed by atoms with E-state index in [1.807, 2.05) is 29.2 Å². The topological polar surface area (TPSA) is 155 Å². The quantitative estimate of drug-likeness (QED) is 0.326. The lowest BCUT2D eigenvalue weighted by atomic mass is 9.90. The van der Waals surface area contributed by atoms with Crippen molar-refractivity contribution in [1.82, 2.24) is 30.2 Å². The predicted molar refractivity (Wildman–Crippen MR) is 209 cm³/mol. The number of amides is 4. The highest BCUT2D eigenvalue weighted by Gasteiger charge is 2.45. The van der Waals surface area contributed by atoms with Crippen LogP contribution in [0.2, 0.25) is 0 Å². The molecule has 56 heavy (non-hydrogen) atoms. The van der Waals surface area contributed by atoms with Gasteiger partial charge in [-0.25, -0.2) is 4.39 Å². The number of para-hydroxylation sites is 1. The van der Waals surface area contributed by atoms with Gasteiger partial charge < -0.3 is 30.0 Å². The Bertz CT molecular complexity index is 2050. The van der Waals surface area contributed by atoms with Crippen molar-refractivity contribution < 1.29 is 28.7 Å². The van der Waals surface area contributed by atoms with Crippen molar-refractivity contribution in [1.29, 1.82) is 0 Å². The highest BCUT2D eigenvalue weighted by molar-refractivity contribution is 6.23. The number of carbonyl (C=O) groups is 4. The normalized spacial score (nSPS) is 26.6. The number of benzene rings is 2. The van der Waals surface area contributed by atoms with E-state index in [2.05, 4.69) is 56.4 Å². The molecule has 7 heterocycles. The minimum Gasteiger partial charge on any atom is -0.507 e. The molecule has 0 bridgehead atoms. The Morgan fingerprint density at radius 1 is 0.857 bits per heavy atom. The molecule has 6 aliphatic rings. The molecule has 3 aromatic rings. The maximum absolute atomic E-state index is 15.2. The summed E-state index contributed by atoms with van der Waals surface area (Å²) in [5.41, 5.74) is 2.92. The number of phenols is 1. The van der Waals surface area contributed by atoms with Crippen LogP contribution in [0.4, 0.5) is 21.6 Å². The summed E-state index contributed by atoms with van der Waals surface area (Å²) < 4.78 is 15.2. The summed E-state index contributed by atoms with van der Waals surface area (Å²) in [5.74, 6) is -0.567. The molecule has 6 aliphatic heterocycles. The molecule has 0 saturated carbocycles. The number of imide groups is 2. The molecule has 2 aromatic carbocycles. The van der Waals surface area contributed by atoms with Crippen molar-refractivity contribution in [3.8, 4) is 17.0 Å². The minimum absolute atomic E-state index is 0.0263. The fourth-order valence-corrected chi connectivity index (χ4v) is 9.32. The molecule has 0 aliphatic carbocycles. The van der Waals surface area contributed by atoms with Crippen molar-refractivity contribution in [3.05, 3.63) is 59.4 Å². The van der Waals surface area contributed by atoms with Crippen LogP contribution in [0.1, 0.15) is 66.7 Å². The van der Waals surface area contributed by atoms with Gasteiger partial charge in [0, 0.05) is 63.8 Å². The number of aromatic hydroxyl groups is 1. The van der Waals surface area contributed by atoms with Gasteiger partial charge in [0.1, 0.15) is 17.6 Å². The van der Waals surface area contributed by atoms with E-state index in [1.54, 1.807) is 6.07 Å². The molecule has 9 rings (SSSR count). The van der Waals surface area contributed by atoms with Crippen LogP contribution in [0, 0.1) is 17.7 Å². The summed E-state index contributed by atoms with van der Waals surface area (Å²) in [6.07, 6.45) is 3.26. The van der Waals surface area contributed by atoms with Gasteiger partial charge in [-0.3, -0.25) is 29.4 Å². The number of likely N-dealkylation sites (N-methyl/N-ethyl adjacent to an activating group) is 1. The molecule has 1 aromatic heterocycles. The highest BCUT2D eigenvalue weighted by Crippen LogP contribution is 2.38. The first-order valence-corrected chi connectivity index (χ1v) is 19.8. The van der Waals surface area contributed by atoms with Gasteiger partial charge in [0.05, 0.1) is 34.2 Å². The maximum atomic E-state index is 15.2. The summed E-state index contributed by atoms with van der Waals surface area (Å²) in [6.45, 7) is 12.4. The molecule has 0 radical (unpaired) electrons. The number of phenolic OH excluding ortho intramolecular Hbond substituents is 1. The number of aromatic nitrogens is 2. The van der Waals surface area contributed by atoms with Gasteiger partial charge in [-0.1, -0.05) is 19.1 Å². The summed E-state index contributed by atoms with van der Waals surface area (Å²) in [4.78, 5) is 59.9. The third-order valence-electron chi connectivity index (χ3n) is 12.3. The number of halogens is 1. The maximum Gasteiger partial charge on any atom is 0.262 e. The van der Waals surface area contributed by atoms with Gasteiger partial charge in [0.25, 0.3) is 11.8 Å². The number of hydrogen-bond acceptors (Lipinski definition) is 12. The van der Waals surface area contributed by atoms with Gasteiger partial charge in [-0.15, -0.1) is 10.2 Å².